The number of rotatable bonds is 12. The largest absolute Gasteiger partial charge is 0.424 e. The fourth-order valence-electron chi connectivity index (χ4n) is 1.63. The Balaban J connectivity index is 3.26. The van der Waals surface area contributed by atoms with Crippen LogP contribution >= 0.6 is 0 Å². The first-order valence-electron chi connectivity index (χ1n) is 7.05. The van der Waals surface area contributed by atoms with Gasteiger partial charge in [-0.05, 0) is 39.8 Å². The van der Waals surface area contributed by atoms with Gasteiger partial charge in [0.25, 0.3) is 0 Å². The third-order valence-electron chi connectivity index (χ3n) is 2.68. The Morgan fingerprint density at radius 3 is 2.53 bits per heavy atom. The smallest absolute Gasteiger partial charge is 0.161 e. The molecule has 0 aromatic carbocycles. The minimum absolute atomic E-state index is 0.0317. The molecule has 0 saturated carbocycles. The van der Waals surface area contributed by atoms with Crippen LogP contribution in [0.2, 0.25) is 6.04 Å². The lowest BCUT2D eigenvalue weighted by atomic mass is 10.1. The van der Waals surface area contributed by atoms with Crippen LogP contribution < -0.4 is 5.32 Å². The molecule has 0 aromatic heterocycles. The molecule has 0 unspecified atom stereocenters. The Morgan fingerprint density at radius 1 is 1.12 bits per heavy atom. The lowest BCUT2D eigenvalue weighted by molar-refractivity contribution is -0.0176. The minimum atomic E-state index is -0.212. The molecule has 0 aliphatic heterocycles. The molecule has 104 valence electrons. The quantitative estimate of drug-likeness (QED) is 0.431. The Hall–Kier alpha value is 0.0969. The highest BCUT2D eigenvalue weighted by molar-refractivity contribution is 6.26. The van der Waals surface area contributed by atoms with Crippen molar-refractivity contribution in [2.45, 2.75) is 58.6 Å². The molecule has 0 saturated heterocycles. The number of nitrogens with one attached hydrogen (secondary N) is 1. The molecule has 0 amide bonds. The number of hydrogen-bond acceptors (Lipinski definition) is 3. The predicted octanol–water partition coefficient (Wildman–Crippen LogP) is 2.10. The summed E-state index contributed by atoms with van der Waals surface area (Å²) in [7, 11) is -0.212. The van der Waals surface area contributed by atoms with E-state index in [2.05, 4.69) is 33.0 Å². The highest BCUT2D eigenvalue weighted by Gasteiger charge is 2.16. The van der Waals surface area contributed by atoms with Crippen molar-refractivity contribution in [3.05, 3.63) is 0 Å². The minimum Gasteiger partial charge on any atom is -0.424 e. The van der Waals surface area contributed by atoms with E-state index in [0.29, 0.717) is 0 Å². The maximum absolute atomic E-state index is 5.88. The summed E-state index contributed by atoms with van der Waals surface area (Å²) in [4.78, 5) is 0. The van der Waals surface area contributed by atoms with Crippen LogP contribution in [-0.2, 0) is 9.16 Å². The first kappa shape index (κ1) is 17.1. The van der Waals surface area contributed by atoms with Gasteiger partial charge in [0, 0.05) is 19.8 Å². The summed E-state index contributed by atoms with van der Waals surface area (Å²) in [5.41, 5.74) is -0.0317. The predicted molar refractivity (Wildman–Crippen MR) is 77.4 cm³/mol. The molecule has 3 nitrogen and oxygen atoms in total. The van der Waals surface area contributed by atoms with Crippen LogP contribution in [0.5, 0.6) is 0 Å². The third kappa shape index (κ3) is 12.3. The summed E-state index contributed by atoms with van der Waals surface area (Å²) in [5.74, 6) is 0. The van der Waals surface area contributed by atoms with Gasteiger partial charge >= 0.3 is 0 Å². The average Bonchev–Trinajstić information content (AvgIpc) is 2.30. The molecule has 0 aliphatic carbocycles. The molecule has 0 aliphatic rings. The summed E-state index contributed by atoms with van der Waals surface area (Å²) in [6.45, 7) is 12.2. The lowest BCUT2D eigenvalue weighted by Crippen LogP contribution is -2.37. The summed E-state index contributed by atoms with van der Waals surface area (Å²) in [6, 6.07) is 1.31. The molecule has 0 spiro atoms. The first-order valence-corrected chi connectivity index (χ1v) is 8.62. The van der Waals surface area contributed by atoms with Crippen LogP contribution in [0.1, 0.15) is 47.0 Å². The number of unbranched alkanes of at least 4 members (excludes halogenated alkanes) is 2. The van der Waals surface area contributed by atoms with Gasteiger partial charge in [0.05, 0.1) is 5.60 Å². The molecular weight excluding hydrogens is 230 g/mol. The molecule has 1 N–H and O–H groups in total. The molecule has 0 atom stereocenters. The summed E-state index contributed by atoms with van der Waals surface area (Å²) in [5, 5.41) is 3.33. The Bertz CT molecular complexity index is 165. The van der Waals surface area contributed by atoms with E-state index < -0.39 is 0 Å². The van der Waals surface area contributed by atoms with Crippen LogP contribution in [0.25, 0.3) is 0 Å². The molecule has 4 heteroatoms. The van der Waals surface area contributed by atoms with E-state index >= 15 is 0 Å². The van der Waals surface area contributed by atoms with E-state index in [1.165, 1.54) is 25.3 Å². The normalized spacial score (nSPS) is 12.7. The van der Waals surface area contributed by atoms with Gasteiger partial charge < -0.3 is 14.5 Å². The van der Waals surface area contributed by atoms with E-state index in [1.807, 2.05) is 0 Å². The standard InChI is InChI=1S/C13H31NO2Si/c1-5-14-12-13(3,4)15-10-8-7-9-11-17-16-6-2/h14H,5-12,17H2,1-4H3. The van der Waals surface area contributed by atoms with Gasteiger partial charge in [0.2, 0.25) is 0 Å². The number of ether oxygens (including phenoxy) is 1. The Labute approximate surface area is 110 Å². The van der Waals surface area contributed by atoms with Crippen LogP contribution in [-0.4, -0.2) is 41.7 Å². The van der Waals surface area contributed by atoms with Gasteiger partial charge in [-0.25, -0.2) is 0 Å². The van der Waals surface area contributed by atoms with Gasteiger partial charge in [0.15, 0.2) is 9.76 Å². The van der Waals surface area contributed by atoms with Crippen molar-refractivity contribution in [1.29, 1.82) is 0 Å². The fraction of sp³-hybridized carbons (Fsp3) is 1.00. The second-order valence-corrected chi connectivity index (χ2v) is 6.52. The number of hydrogen-bond donors (Lipinski definition) is 1. The second kappa shape index (κ2) is 11.2. The summed E-state index contributed by atoms with van der Waals surface area (Å²) < 4.78 is 11.3. The Kier molecular flexibility index (Phi) is 11.3. The van der Waals surface area contributed by atoms with Gasteiger partial charge in [0.1, 0.15) is 0 Å². The molecule has 0 bridgehead atoms. The molecule has 0 rings (SSSR count). The van der Waals surface area contributed by atoms with Gasteiger partial charge in [-0.2, -0.15) is 0 Å². The molecule has 0 heterocycles. The van der Waals surface area contributed by atoms with E-state index in [1.54, 1.807) is 0 Å². The monoisotopic (exact) mass is 261 g/mol. The van der Waals surface area contributed by atoms with Crippen molar-refractivity contribution in [2.75, 3.05) is 26.3 Å². The number of likely N-dealkylation sites (N-methyl/N-ethyl adjacent to an activating group) is 1. The first-order chi connectivity index (χ1) is 8.12. The molecular formula is C13H31NO2Si. The van der Waals surface area contributed by atoms with Crippen molar-refractivity contribution in [3.63, 3.8) is 0 Å². The van der Waals surface area contributed by atoms with Crippen molar-refractivity contribution in [1.82, 2.24) is 5.32 Å². The zero-order chi connectivity index (χ0) is 13.0. The van der Waals surface area contributed by atoms with Crippen molar-refractivity contribution >= 4 is 9.76 Å². The SMILES string of the molecule is CCNCC(C)(C)OCCCCC[SiH2]OCC. The van der Waals surface area contributed by atoms with E-state index in [4.69, 9.17) is 9.16 Å². The average molecular weight is 261 g/mol. The topological polar surface area (TPSA) is 30.5 Å². The molecule has 0 fully saturated rings. The highest BCUT2D eigenvalue weighted by Crippen LogP contribution is 2.09. The maximum atomic E-state index is 5.88. The summed E-state index contributed by atoms with van der Waals surface area (Å²) >= 11 is 0. The van der Waals surface area contributed by atoms with Crippen LogP contribution in [0, 0.1) is 0 Å². The van der Waals surface area contributed by atoms with Crippen LogP contribution in [0.3, 0.4) is 0 Å². The van der Waals surface area contributed by atoms with Crippen molar-refractivity contribution < 1.29 is 9.16 Å². The van der Waals surface area contributed by atoms with Gasteiger partial charge in [-0.3, -0.25) is 0 Å². The molecule has 0 aromatic rings. The van der Waals surface area contributed by atoms with Crippen molar-refractivity contribution in [2.24, 2.45) is 0 Å². The third-order valence-corrected chi connectivity index (χ3v) is 4.17. The van der Waals surface area contributed by atoms with Crippen molar-refractivity contribution in [3.8, 4) is 0 Å². The fourth-order valence-corrected chi connectivity index (χ4v) is 2.68. The van der Waals surface area contributed by atoms with E-state index in [0.717, 1.165) is 26.3 Å². The Morgan fingerprint density at radius 2 is 1.88 bits per heavy atom. The zero-order valence-corrected chi connectivity index (χ0v) is 13.6. The van der Waals surface area contributed by atoms with E-state index in [-0.39, 0.29) is 15.4 Å². The van der Waals surface area contributed by atoms with Crippen LogP contribution in [0.4, 0.5) is 0 Å². The van der Waals surface area contributed by atoms with Gasteiger partial charge in [-0.1, -0.05) is 19.8 Å². The zero-order valence-electron chi connectivity index (χ0n) is 12.2. The molecule has 17 heavy (non-hydrogen) atoms. The second-order valence-electron chi connectivity index (χ2n) is 5.00. The summed E-state index contributed by atoms with van der Waals surface area (Å²) in [6.07, 6.45) is 3.76. The maximum Gasteiger partial charge on any atom is 0.161 e. The highest BCUT2D eigenvalue weighted by atomic mass is 28.2. The van der Waals surface area contributed by atoms with Crippen LogP contribution in [0.15, 0.2) is 0 Å². The van der Waals surface area contributed by atoms with Gasteiger partial charge in [-0.15, -0.1) is 0 Å². The lowest BCUT2D eigenvalue weighted by Gasteiger charge is -2.25. The van der Waals surface area contributed by atoms with E-state index in [9.17, 15) is 0 Å². The molecule has 0 radical (unpaired) electrons.